The van der Waals surface area contributed by atoms with E-state index in [4.69, 9.17) is 0 Å². The molecule has 0 spiro atoms. The van der Waals surface area contributed by atoms with Crippen molar-refractivity contribution < 1.29 is 4.79 Å². The molecule has 0 unspecified atom stereocenters. The fourth-order valence-corrected chi connectivity index (χ4v) is 1.23. The maximum Gasteiger partial charge on any atom is 0.291 e. The molecule has 0 saturated carbocycles. The Morgan fingerprint density at radius 3 is 2.67 bits per heavy atom. The molecule has 2 N–H and O–H groups in total. The topological polar surface area (TPSA) is 87.2 Å². The summed E-state index contributed by atoms with van der Waals surface area (Å²) < 4.78 is 0. The maximum atomic E-state index is 11.5. The predicted octanol–water partition coefficient (Wildman–Crippen LogP) is 0.534. The SMILES string of the molecule is O=C(NN=Cc1ccccc1)c1ccc(=O)[nH]n1. The predicted molar refractivity (Wildman–Crippen MR) is 66.4 cm³/mol. The normalized spacial score (nSPS) is 10.4. The number of hydrogen-bond donors (Lipinski definition) is 2. The third kappa shape index (κ3) is 3.11. The number of amides is 1. The van der Waals surface area contributed by atoms with Crippen LogP contribution in [0, 0.1) is 0 Å². The minimum atomic E-state index is -0.488. The number of nitrogens with zero attached hydrogens (tertiary/aromatic N) is 2. The van der Waals surface area contributed by atoms with Gasteiger partial charge in [-0.3, -0.25) is 9.59 Å². The zero-order chi connectivity index (χ0) is 12.8. The Hall–Kier alpha value is -2.76. The number of benzene rings is 1. The molecule has 0 saturated heterocycles. The summed E-state index contributed by atoms with van der Waals surface area (Å²) >= 11 is 0. The van der Waals surface area contributed by atoms with E-state index in [0.29, 0.717) is 0 Å². The highest BCUT2D eigenvalue weighted by Crippen LogP contribution is 1.93. The molecule has 1 heterocycles. The number of carbonyl (C=O) groups excluding carboxylic acids is 1. The van der Waals surface area contributed by atoms with Crippen LogP contribution in [-0.2, 0) is 0 Å². The van der Waals surface area contributed by atoms with Gasteiger partial charge in [0.05, 0.1) is 6.21 Å². The minimum Gasteiger partial charge on any atom is -0.268 e. The van der Waals surface area contributed by atoms with E-state index in [1.807, 2.05) is 30.3 Å². The second-order valence-electron chi connectivity index (χ2n) is 3.42. The van der Waals surface area contributed by atoms with Crippen molar-refractivity contribution in [3.8, 4) is 0 Å². The van der Waals surface area contributed by atoms with Crippen LogP contribution in [0.3, 0.4) is 0 Å². The summed E-state index contributed by atoms with van der Waals surface area (Å²) in [6.07, 6.45) is 1.52. The van der Waals surface area contributed by atoms with E-state index in [9.17, 15) is 9.59 Å². The zero-order valence-electron chi connectivity index (χ0n) is 9.33. The molecule has 1 aromatic carbocycles. The number of carbonyl (C=O) groups is 1. The van der Waals surface area contributed by atoms with Gasteiger partial charge >= 0.3 is 0 Å². The van der Waals surface area contributed by atoms with Crippen LogP contribution in [0.15, 0.2) is 52.4 Å². The number of aromatic nitrogens is 2. The van der Waals surface area contributed by atoms with Gasteiger partial charge in [0.25, 0.3) is 11.5 Å². The van der Waals surface area contributed by atoms with Crippen LogP contribution in [0.25, 0.3) is 0 Å². The standard InChI is InChI=1S/C12H10N4O2/c17-11-7-6-10(14-15-11)12(18)16-13-8-9-4-2-1-3-5-9/h1-8H,(H,15,17)(H,16,18). The quantitative estimate of drug-likeness (QED) is 0.608. The molecule has 90 valence electrons. The highest BCUT2D eigenvalue weighted by atomic mass is 16.2. The lowest BCUT2D eigenvalue weighted by Crippen LogP contribution is -2.21. The third-order valence-electron chi connectivity index (χ3n) is 2.09. The third-order valence-corrected chi connectivity index (χ3v) is 2.09. The van der Waals surface area contributed by atoms with Gasteiger partial charge in [0.15, 0.2) is 5.69 Å². The van der Waals surface area contributed by atoms with Crippen molar-refractivity contribution in [3.05, 3.63) is 64.1 Å². The first-order valence-electron chi connectivity index (χ1n) is 5.20. The molecule has 6 heteroatoms. The van der Waals surface area contributed by atoms with Crippen LogP contribution in [0.5, 0.6) is 0 Å². The molecular formula is C12H10N4O2. The van der Waals surface area contributed by atoms with E-state index < -0.39 is 5.91 Å². The van der Waals surface area contributed by atoms with Crippen LogP contribution in [0.4, 0.5) is 0 Å². The Morgan fingerprint density at radius 2 is 2.00 bits per heavy atom. The number of nitrogens with one attached hydrogen (secondary N) is 2. The summed E-state index contributed by atoms with van der Waals surface area (Å²) in [5.74, 6) is -0.488. The van der Waals surface area contributed by atoms with Crippen molar-refractivity contribution >= 4 is 12.1 Å². The molecule has 0 fully saturated rings. The molecule has 0 aliphatic heterocycles. The van der Waals surface area contributed by atoms with E-state index in [-0.39, 0.29) is 11.3 Å². The second-order valence-corrected chi connectivity index (χ2v) is 3.42. The molecule has 2 rings (SSSR count). The van der Waals surface area contributed by atoms with E-state index in [1.54, 1.807) is 0 Å². The zero-order valence-corrected chi connectivity index (χ0v) is 9.33. The van der Waals surface area contributed by atoms with Gasteiger partial charge in [-0.15, -0.1) is 0 Å². The summed E-state index contributed by atoms with van der Waals surface area (Å²) in [5.41, 5.74) is 2.92. The van der Waals surface area contributed by atoms with E-state index in [2.05, 4.69) is 20.7 Å². The van der Waals surface area contributed by atoms with Gasteiger partial charge < -0.3 is 0 Å². The van der Waals surface area contributed by atoms with Gasteiger partial charge in [-0.1, -0.05) is 30.3 Å². The molecule has 18 heavy (non-hydrogen) atoms. The molecule has 6 nitrogen and oxygen atoms in total. The fourth-order valence-electron chi connectivity index (χ4n) is 1.23. The molecule has 0 aliphatic carbocycles. The summed E-state index contributed by atoms with van der Waals surface area (Å²) in [6, 6.07) is 11.9. The van der Waals surface area contributed by atoms with Gasteiger partial charge in [-0.05, 0) is 11.6 Å². The first-order valence-corrected chi connectivity index (χ1v) is 5.20. The molecular weight excluding hydrogens is 232 g/mol. The van der Waals surface area contributed by atoms with Crippen molar-refractivity contribution in [1.82, 2.24) is 15.6 Å². The van der Waals surface area contributed by atoms with Crippen LogP contribution >= 0.6 is 0 Å². The molecule has 1 amide bonds. The van der Waals surface area contributed by atoms with Crippen molar-refractivity contribution in [2.45, 2.75) is 0 Å². The van der Waals surface area contributed by atoms with Gasteiger partial charge in [0.1, 0.15) is 0 Å². The largest absolute Gasteiger partial charge is 0.291 e. The Labute approximate surface area is 102 Å². The summed E-state index contributed by atoms with van der Waals surface area (Å²) in [6.45, 7) is 0. The molecule has 0 aliphatic rings. The average molecular weight is 242 g/mol. The number of rotatable bonds is 3. The number of aromatic amines is 1. The van der Waals surface area contributed by atoms with E-state index in [0.717, 1.165) is 5.56 Å². The fraction of sp³-hybridized carbons (Fsp3) is 0. The van der Waals surface area contributed by atoms with E-state index in [1.165, 1.54) is 18.3 Å². The molecule has 0 bridgehead atoms. The van der Waals surface area contributed by atoms with Crippen molar-refractivity contribution in [1.29, 1.82) is 0 Å². The van der Waals surface area contributed by atoms with Crippen molar-refractivity contribution in [2.24, 2.45) is 5.10 Å². The highest BCUT2D eigenvalue weighted by molar-refractivity contribution is 5.92. The van der Waals surface area contributed by atoms with Crippen LogP contribution in [-0.4, -0.2) is 22.3 Å². The summed E-state index contributed by atoms with van der Waals surface area (Å²) in [4.78, 5) is 22.3. The first kappa shape index (κ1) is 11.7. The van der Waals surface area contributed by atoms with Gasteiger partial charge in [0, 0.05) is 6.07 Å². The second kappa shape index (κ2) is 5.53. The van der Waals surface area contributed by atoms with Gasteiger partial charge in [-0.25, -0.2) is 10.5 Å². The first-order chi connectivity index (χ1) is 8.75. The number of H-pyrrole nitrogens is 1. The van der Waals surface area contributed by atoms with Crippen LogP contribution in [0.2, 0.25) is 0 Å². The lowest BCUT2D eigenvalue weighted by Gasteiger charge is -1.97. The summed E-state index contributed by atoms with van der Waals surface area (Å²) in [5, 5.41) is 9.53. The number of hydrazone groups is 1. The Bertz CT molecular complexity index is 599. The molecule has 1 aromatic heterocycles. The van der Waals surface area contributed by atoms with Crippen molar-refractivity contribution in [2.75, 3.05) is 0 Å². The van der Waals surface area contributed by atoms with Crippen molar-refractivity contribution in [3.63, 3.8) is 0 Å². The lowest BCUT2D eigenvalue weighted by atomic mass is 10.2. The smallest absolute Gasteiger partial charge is 0.268 e. The molecule has 0 radical (unpaired) electrons. The maximum absolute atomic E-state index is 11.5. The lowest BCUT2D eigenvalue weighted by molar-refractivity contribution is 0.0949. The summed E-state index contributed by atoms with van der Waals surface area (Å²) in [7, 11) is 0. The Kier molecular flexibility index (Phi) is 3.60. The molecule has 2 aromatic rings. The molecule has 0 atom stereocenters. The Morgan fingerprint density at radius 1 is 1.22 bits per heavy atom. The minimum absolute atomic E-state index is 0.0970. The van der Waals surface area contributed by atoms with Gasteiger partial charge in [-0.2, -0.15) is 10.2 Å². The van der Waals surface area contributed by atoms with Crippen LogP contribution in [0.1, 0.15) is 16.1 Å². The average Bonchev–Trinajstić information content (AvgIpc) is 2.40. The monoisotopic (exact) mass is 242 g/mol. The highest BCUT2D eigenvalue weighted by Gasteiger charge is 2.04. The Balaban J connectivity index is 1.98. The van der Waals surface area contributed by atoms with Crippen LogP contribution < -0.4 is 11.0 Å². The van der Waals surface area contributed by atoms with E-state index >= 15 is 0 Å². The van der Waals surface area contributed by atoms with Gasteiger partial charge in [0.2, 0.25) is 0 Å². The number of hydrogen-bond acceptors (Lipinski definition) is 4.